The highest BCUT2D eigenvalue weighted by molar-refractivity contribution is 7.89. The molecule has 1 heterocycles. The highest BCUT2D eigenvalue weighted by Gasteiger charge is 2.24. The molecule has 1 aromatic rings. The summed E-state index contributed by atoms with van der Waals surface area (Å²) in [6.45, 7) is 6.65. The molecule has 1 aliphatic heterocycles. The smallest absolute Gasteiger partial charge is 0.255 e. The molecular weight excluding hydrogens is 342 g/mol. The molecule has 0 aliphatic carbocycles. The van der Waals surface area contributed by atoms with Gasteiger partial charge in [-0.05, 0) is 44.1 Å². The monoisotopic (exact) mass is 369 g/mol. The zero-order valence-corrected chi connectivity index (χ0v) is 15.9. The van der Waals surface area contributed by atoms with Crippen LogP contribution in [-0.4, -0.2) is 58.6 Å². The van der Waals surface area contributed by atoms with E-state index in [0.717, 1.165) is 25.9 Å². The Balaban J connectivity index is 2.17. The molecule has 1 unspecified atom stereocenters. The number of likely N-dealkylation sites (tertiary alicyclic amines) is 1. The van der Waals surface area contributed by atoms with Crippen LogP contribution in [0.1, 0.15) is 37.0 Å². The third-order valence-electron chi connectivity index (χ3n) is 4.46. The first-order valence-electron chi connectivity index (χ1n) is 8.62. The topological polar surface area (TPSA) is 87.7 Å². The molecule has 0 spiro atoms. The number of carbonyl (C=O) groups is 1. The quantitative estimate of drug-likeness (QED) is 0.719. The standard InChI is InChI=1S/C17H27N3O4S/c1-4-19-25(22,23)14-8-9-16(24-3)15(11-14)17(21)18-12-13-7-6-10-20(13)5-2/h8-9,11,13,19H,4-7,10,12H2,1-3H3,(H,18,21). The first-order chi connectivity index (χ1) is 11.9. The van der Waals surface area contributed by atoms with Crippen molar-refractivity contribution in [2.45, 2.75) is 37.6 Å². The number of methoxy groups -OCH3 is 1. The molecule has 1 aliphatic rings. The van der Waals surface area contributed by atoms with Crippen LogP contribution in [0.15, 0.2) is 23.1 Å². The molecule has 1 atom stereocenters. The summed E-state index contributed by atoms with van der Waals surface area (Å²) < 4.78 is 32.0. The third-order valence-corrected chi connectivity index (χ3v) is 6.01. The minimum absolute atomic E-state index is 0.0522. The van der Waals surface area contributed by atoms with Crippen molar-refractivity contribution in [3.05, 3.63) is 23.8 Å². The van der Waals surface area contributed by atoms with Gasteiger partial charge in [-0.3, -0.25) is 9.69 Å². The fourth-order valence-corrected chi connectivity index (χ4v) is 4.22. The van der Waals surface area contributed by atoms with Crippen LogP contribution >= 0.6 is 0 Å². The summed E-state index contributed by atoms with van der Waals surface area (Å²) in [5.74, 6) is 0.0278. The van der Waals surface area contributed by atoms with Crippen molar-refractivity contribution in [2.75, 3.05) is 33.3 Å². The summed E-state index contributed by atoms with van der Waals surface area (Å²) >= 11 is 0. The van der Waals surface area contributed by atoms with Crippen molar-refractivity contribution < 1.29 is 17.9 Å². The van der Waals surface area contributed by atoms with Gasteiger partial charge in [-0.1, -0.05) is 13.8 Å². The first-order valence-corrected chi connectivity index (χ1v) is 10.1. The second kappa shape index (κ2) is 8.64. The van der Waals surface area contributed by atoms with Gasteiger partial charge in [0.1, 0.15) is 5.75 Å². The molecule has 0 bridgehead atoms. The van der Waals surface area contributed by atoms with Gasteiger partial charge < -0.3 is 10.1 Å². The average molecular weight is 369 g/mol. The number of hydrogen-bond acceptors (Lipinski definition) is 5. The summed E-state index contributed by atoms with van der Waals surface area (Å²) in [4.78, 5) is 15.0. The van der Waals surface area contributed by atoms with E-state index >= 15 is 0 Å². The second-order valence-corrected chi connectivity index (χ2v) is 7.77. The number of hydrogen-bond donors (Lipinski definition) is 2. The number of ether oxygens (including phenoxy) is 1. The average Bonchev–Trinajstić information content (AvgIpc) is 3.06. The van der Waals surface area contributed by atoms with E-state index in [2.05, 4.69) is 21.9 Å². The van der Waals surface area contributed by atoms with E-state index in [9.17, 15) is 13.2 Å². The van der Waals surface area contributed by atoms with Crippen molar-refractivity contribution >= 4 is 15.9 Å². The van der Waals surface area contributed by atoms with Gasteiger partial charge in [-0.2, -0.15) is 0 Å². The molecule has 1 saturated heterocycles. The molecule has 2 N–H and O–H groups in total. The van der Waals surface area contributed by atoms with E-state index in [1.165, 1.54) is 25.3 Å². The highest BCUT2D eigenvalue weighted by atomic mass is 32.2. The maximum absolute atomic E-state index is 12.6. The molecule has 1 aromatic carbocycles. The lowest BCUT2D eigenvalue weighted by Crippen LogP contribution is -2.40. The predicted octanol–water partition coefficient (Wildman–Crippen LogP) is 1.21. The van der Waals surface area contributed by atoms with Crippen molar-refractivity contribution in [3.63, 3.8) is 0 Å². The van der Waals surface area contributed by atoms with Gasteiger partial charge in [0.25, 0.3) is 5.91 Å². The highest BCUT2D eigenvalue weighted by Crippen LogP contribution is 2.23. The lowest BCUT2D eigenvalue weighted by atomic mass is 10.1. The van der Waals surface area contributed by atoms with E-state index in [1.807, 2.05) is 0 Å². The molecule has 2 rings (SSSR count). The van der Waals surface area contributed by atoms with Crippen molar-refractivity contribution in [1.82, 2.24) is 14.9 Å². The largest absolute Gasteiger partial charge is 0.496 e. The fraction of sp³-hybridized carbons (Fsp3) is 0.588. The van der Waals surface area contributed by atoms with Crippen LogP contribution < -0.4 is 14.8 Å². The Kier molecular flexibility index (Phi) is 6.80. The summed E-state index contributed by atoms with van der Waals surface area (Å²) in [5, 5.41) is 2.91. The van der Waals surface area contributed by atoms with Gasteiger partial charge >= 0.3 is 0 Å². The van der Waals surface area contributed by atoms with Crippen LogP contribution in [0.25, 0.3) is 0 Å². The van der Waals surface area contributed by atoms with Crippen LogP contribution in [0.5, 0.6) is 5.75 Å². The molecular formula is C17H27N3O4S. The Morgan fingerprint density at radius 1 is 1.36 bits per heavy atom. The van der Waals surface area contributed by atoms with Crippen molar-refractivity contribution in [2.24, 2.45) is 0 Å². The molecule has 0 saturated carbocycles. The number of amides is 1. The molecule has 140 valence electrons. The van der Waals surface area contributed by atoms with Crippen LogP contribution in [-0.2, 0) is 10.0 Å². The summed E-state index contributed by atoms with van der Waals surface area (Å²) in [7, 11) is -2.17. The SMILES string of the molecule is CCNS(=O)(=O)c1ccc(OC)c(C(=O)NCC2CCCN2CC)c1. The van der Waals surface area contributed by atoms with Crippen LogP contribution in [0.2, 0.25) is 0 Å². The van der Waals surface area contributed by atoms with Gasteiger partial charge in [-0.15, -0.1) is 0 Å². The van der Waals surface area contributed by atoms with Gasteiger partial charge in [0.15, 0.2) is 0 Å². The van der Waals surface area contributed by atoms with Gasteiger partial charge in [0.2, 0.25) is 10.0 Å². The zero-order chi connectivity index (χ0) is 18.4. The molecule has 8 heteroatoms. The molecule has 0 aromatic heterocycles. The lowest BCUT2D eigenvalue weighted by Gasteiger charge is -2.23. The number of rotatable bonds is 8. The second-order valence-electron chi connectivity index (χ2n) is 6.00. The van der Waals surface area contributed by atoms with E-state index in [-0.39, 0.29) is 22.9 Å². The number of sulfonamides is 1. The molecule has 7 nitrogen and oxygen atoms in total. The zero-order valence-electron chi connectivity index (χ0n) is 15.0. The number of nitrogens with one attached hydrogen (secondary N) is 2. The van der Waals surface area contributed by atoms with Gasteiger partial charge in [-0.25, -0.2) is 13.1 Å². The normalized spacial score (nSPS) is 18.3. The Morgan fingerprint density at radius 3 is 2.76 bits per heavy atom. The van der Waals surface area contributed by atoms with E-state index < -0.39 is 10.0 Å². The van der Waals surface area contributed by atoms with Crippen molar-refractivity contribution in [3.8, 4) is 5.75 Å². The maximum Gasteiger partial charge on any atom is 0.255 e. The summed E-state index contributed by atoms with van der Waals surface area (Å²) in [6.07, 6.45) is 2.19. The molecule has 25 heavy (non-hydrogen) atoms. The van der Waals surface area contributed by atoms with Gasteiger partial charge in [0, 0.05) is 19.1 Å². The number of likely N-dealkylation sites (N-methyl/N-ethyl adjacent to an activating group) is 1. The summed E-state index contributed by atoms with van der Waals surface area (Å²) in [6, 6.07) is 4.63. The third kappa shape index (κ3) is 4.71. The van der Waals surface area contributed by atoms with Crippen molar-refractivity contribution in [1.29, 1.82) is 0 Å². The Labute approximate surface area is 149 Å². The molecule has 0 radical (unpaired) electrons. The first kappa shape index (κ1) is 19.7. The predicted molar refractivity (Wildman–Crippen MR) is 96.5 cm³/mol. The van der Waals surface area contributed by atoms with Gasteiger partial charge in [0.05, 0.1) is 17.6 Å². The summed E-state index contributed by atoms with van der Waals surface area (Å²) in [5.41, 5.74) is 0.225. The number of carbonyl (C=O) groups excluding carboxylic acids is 1. The Morgan fingerprint density at radius 2 is 2.12 bits per heavy atom. The molecule has 1 fully saturated rings. The maximum atomic E-state index is 12.6. The van der Waals surface area contributed by atoms with E-state index in [0.29, 0.717) is 18.3 Å². The minimum atomic E-state index is -3.63. The van der Waals surface area contributed by atoms with Crippen LogP contribution in [0.4, 0.5) is 0 Å². The van der Waals surface area contributed by atoms with E-state index in [4.69, 9.17) is 4.74 Å². The molecule has 1 amide bonds. The Hall–Kier alpha value is -1.64. The Bertz CT molecular complexity index is 706. The lowest BCUT2D eigenvalue weighted by molar-refractivity contribution is 0.0938. The minimum Gasteiger partial charge on any atom is -0.496 e. The van der Waals surface area contributed by atoms with E-state index in [1.54, 1.807) is 6.92 Å². The van der Waals surface area contributed by atoms with Crippen LogP contribution in [0.3, 0.4) is 0 Å². The number of benzene rings is 1. The number of nitrogens with zero attached hydrogens (tertiary/aromatic N) is 1. The fourth-order valence-electron chi connectivity index (χ4n) is 3.15. The van der Waals surface area contributed by atoms with Crippen LogP contribution in [0, 0.1) is 0 Å².